The van der Waals surface area contributed by atoms with E-state index in [-0.39, 0.29) is 33.7 Å². The largest absolute Gasteiger partial charge is 0.506 e. The van der Waals surface area contributed by atoms with E-state index in [4.69, 9.17) is 23.2 Å². The number of phenolic OH excluding ortho intramolecular Hbond substituents is 1. The van der Waals surface area contributed by atoms with Gasteiger partial charge in [0.1, 0.15) is 5.75 Å². The Bertz CT molecular complexity index is 692. The Morgan fingerprint density at radius 2 is 1.82 bits per heavy atom. The number of carbonyl (C=O) groups excluding carboxylic acids is 1. The van der Waals surface area contributed by atoms with Crippen molar-refractivity contribution in [1.82, 2.24) is 0 Å². The Kier molecular flexibility index (Phi) is 4.83. The number of allylic oxidation sites excluding steroid dienone is 2. The van der Waals surface area contributed by atoms with Crippen LogP contribution in [-0.2, 0) is 0 Å². The van der Waals surface area contributed by atoms with Gasteiger partial charge in [-0.25, -0.2) is 0 Å². The first-order chi connectivity index (χ1) is 10.2. The molecule has 22 heavy (non-hydrogen) atoms. The third kappa shape index (κ3) is 3.13. The number of nitrogens with zero attached hydrogens (tertiary/aromatic N) is 1. The number of nitrogens with one attached hydrogen (secondary N) is 1. The van der Waals surface area contributed by atoms with Crippen LogP contribution in [0.4, 0.5) is 5.69 Å². The zero-order valence-corrected chi connectivity index (χ0v) is 14.4. The Morgan fingerprint density at radius 3 is 2.36 bits per heavy atom. The molecule has 4 nitrogen and oxygen atoms in total. The van der Waals surface area contributed by atoms with Gasteiger partial charge < -0.3 is 10.4 Å². The van der Waals surface area contributed by atoms with Crippen molar-refractivity contribution in [1.29, 1.82) is 0 Å². The Morgan fingerprint density at radius 1 is 1.18 bits per heavy atom. The molecule has 0 aliphatic heterocycles. The molecule has 0 bridgehead atoms. The average molecular weight is 341 g/mol. The van der Waals surface area contributed by atoms with Gasteiger partial charge in [0.15, 0.2) is 0 Å². The summed E-state index contributed by atoms with van der Waals surface area (Å²) in [5.41, 5.74) is 1.64. The second kappa shape index (κ2) is 6.31. The van der Waals surface area contributed by atoms with Crippen molar-refractivity contribution < 1.29 is 9.90 Å². The lowest BCUT2D eigenvalue weighted by Crippen LogP contribution is -2.21. The van der Waals surface area contributed by atoms with Gasteiger partial charge in [-0.3, -0.25) is 9.79 Å². The maximum atomic E-state index is 12.5. The summed E-state index contributed by atoms with van der Waals surface area (Å²) in [6.45, 7) is 7.70. The topological polar surface area (TPSA) is 61.7 Å². The molecule has 1 aromatic rings. The molecule has 0 atom stereocenters. The van der Waals surface area contributed by atoms with Crippen LogP contribution in [0.15, 0.2) is 22.2 Å². The summed E-state index contributed by atoms with van der Waals surface area (Å²) in [6.07, 6.45) is 1.47. The number of phenols is 1. The van der Waals surface area contributed by atoms with Gasteiger partial charge in [0.05, 0.1) is 26.9 Å². The van der Waals surface area contributed by atoms with Gasteiger partial charge in [0, 0.05) is 17.8 Å². The fourth-order valence-electron chi connectivity index (χ4n) is 2.31. The predicted molar refractivity (Wildman–Crippen MR) is 91.8 cm³/mol. The smallest absolute Gasteiger partial charge is 0.207 e. The van der Waals surface area contributed by atoms with E-state index in [9.17, 15) is 9.90 Å². The summed E-state index contributed by atoms with van der Waals surface area (Å²) in [4.78, 5) is 16.9. The first-order valence-corrected chi connectivity index (χ1v) is 7.80. The third-order valence-corrected chi connectivity index (χ3v) is 3.63. The summed E-state index contributed by atoms with van der Waals surface area (Å²) in [7, 11) is 0. The molecule has 0 saturated heterocycles. The zero-order chi connectivity index (χ0) is 16.6. The monoisotopic (exact) mass is 340 g/mol. The summed E-state index contributed by atoms with van der Waals surface area (Å²) < 4.78 is 0. The molecular formula is C16H18Cl2N2O2. The highest BCUT2D eigenvalue weighted by atomic mass is 35.5. The Hall–Kier alpha value is -1.52. The van der Waals surface area contributed by atoms with Crippen LogP contribution in [0.25, 0.3) is 0 Å². The van der Waals surface area contributed by atoms with Crippen molar-refractivity contribution >= 4 is 40.4 Å². The van der Waals surface area contributed by atoms with Crippen molar-refractivity contribution in [2.45, 2.75) is 39.8 Å². The van der Waals surface area contributed by atoms with Gasteiger partial charge in [-0.05, 0) is 39.8 Å². The number of ketones is 1. The number of anilines is 1. The van der Waals surface area contributed by atoms with E-state index in [2.05, 4.69) is 10.3 Å². The quantitative estimate of drug-likeness (QED) is 0.802. The van der Waals surface area contributed by atoms with Crippen molar-refractivity contribution in [3.8, 4) is 5.75 Å². The van der Waals surface area contributed by atoms with Crippen LogP contribution in [-0.4, -0.2) is 28.7 Å². The van der Waals surface area contributed by atoms with Gasteiger partial charge in [-0.1, -0.05) is 23.2 Å². The number of aromatic hydroxyl groups is 1. The number of aliphatic imine (C=N–C) groups is 1. The highest BCUT2D eigenvalue weighted by Gasteiger charge is 2.30. The first kappa shape index (κ1) is 16.8. The minimum atomic E-state index is -0.352. The van der Waals surface area contributed by atoms with Crippen LogP contribution < -0.4 is 5.32 Å². The zero-order valence-electron chi connectivity index (χ0n) is 12.9. The van der Waals surface area contributed by atoms with Gasteiger partial charge in [-0.2, -0.15) is 0 Å². The van der Waals surface area contributed by atoms with E-state index in [0.29, 0.717) is 22.5 Å². The van der Waals surface area contributed by atoms with E-state index in [1.807, 2.05) is 27.7 Å². The molecule has 0 heterocycles. The fourth-order valence-corrected chi connectivity index (χ4v) is 2.71. The summed E-state index contributed by atoms with van der Waals surface area (Å²) >= 11 is 12.2. The van der Waals surface area contributed by atoms with Crippen LogP contribution >= 0.6 is 23.2 Å². The molecule has 0 spiro atoms. The number of benzene rings is 1. The lowest BCUT2D eigenvalue weighted by molar-refractivity contribution is 0.104. The maximum absolute atomic E-state index is 12.5. The van der Waals surface area contributed by atoms with Crippen LogP contribution in [0.3, 0.4) is 0 Å². The summed E-state index contributed by atoms with van der Waals surface area (Å²) in [6, 6.07) is 1.61. The molecule has 6 heteroatoms. The Labute approximate surface area is 139 Å². The lowest BCUT2D eigenvalue weighted by atomic mass is 9.91. The molecule has 0 amide bonds. The van der Waals surface area contributed by atoms with Crippen LogP contribution in [0.5, 0.6) is 5.75 Å². The van der Waals surface area contributed by atoms with Crippen LogP contribution in [0.2, 0.25) is 5.02 Å². The first-order valence-electron chi connectivity index (χ1n) is 7.04. The molecule has 0 saturated carbocycles. The molecule has 0 radical (unpaired) electrons. The lowest BCUT2D eigenvalue weighted by Gasteiger charge is -2.22. The maximum Gasteiger partial charge on any atom is 0.207 e. The number of fused-ring (bicyclic) bond motifs is 1. The number of hydrogen-bond acceptors (Lipinski definition) is 4. The number of Topliss-reactive ketones (excluding diaryl/α,β-unsaturated/α-hetero) is 1. The molecule has 118 valence electrons. The normalized spacial score (nSPS) is 16.3. The highest BCUT2D eigenvalue weighted by Crippen LogP contribution is 2.40. The number of hydrogen-bond donors (Lipinski definition) is 2. The minimum Gasteiger partial charge on any atom is -0.506 e. The second-order valence-electron chi connectivity index (χ2n) is 5.73. The average Bonchev–Trinajstić information content (AvgIpc) is 2.38. The van der Waals surface area contributed by atoms with E-state index >= 15 is 0 Å². The molecular weight excluding hydrogens is 323 g/mol. The van der Waals surface area contributed by atoms with Crippen LogP contribution in [0, 0.1) is 0 Å². The van der Waals surface area contributed by atoms with E-state index in [1.54, 1.807) is 0 Å². The van der Waals surface area contributed by atoms with Crippen molar-refractivity contribution in [2.75, 3.05) is 5.32 Å². The number of halogens is 2. The predicted octanol–water partition coefficient (Wildman–Crippen LogP) is 4.38. The molecule has 2 rings (SSSR count). The van der Waals surface area contributed by atoms with Crippen molar-refractivity contribution in [2.24, 2.45) is 4.99 Å². The number of carbonyl (C=O) groups is 1. The standard InChI is InChI=1S/C16H18Cl2N2O2/c1-7(2)19-11-5-9(17)16(22)14-12(20-8(3)4)6-10(18)15(21)13(11)14/h5-8,19,22H,1-4H3. The third-order valence-electron chi connectivity index (χ3n) is 3.06. The molecule has 2 N–H and O–H groups in total. The van der Waals surface area contributed by atoms with E-state index < -0.39 is 0 Å². The van der Waals surface area contributed by atoms with Crippen molar-refractivity contribution in [3.63, 3.8) is 0 Å². The SMILES string of the molecule is CC(C)N=C1C=C(Cl)C(=O)c2c(NC(C)C)cc(Cl)c(O)c21. The van der Waals surface area contributed by atoms with Gasteiger partial charge in [-0.15, -0.1) is 0 Å². The highest BCUT2D eigenvalue weighted by molar-refractivity contribution is 6.50. The molecule has 1 aliphatic rings. The van der Waals surface area contributed by atoms with Crippen LogP contribution in [0.1, 0.15) is 43.6 Å². The molecule has 0 unspecified atom stereocenters. The molecule has 1 aliphatic carbocycles. The van der Waals surface area contributed by atoms with Crippen molar-refractivity contribution in [3.05, 3.63) is 33.3 Å². The molecule has 0 fully saturated rings. The van der Waals surface area contributed by atoms with E-state index in [1.165, 1.54) is 12.1 Å². The number of rotatable bonds is 3. The van der Waals surface area contributed by atoms with Gasteiger partial charge >= 0.3 is 0 Å². The Balaban J connectivity index is 2.80. The van der Waals surface area contributed by atoms with E-state index in [0.717, 1.165) is 0 Å². The molecule has 1 aromatic carbocycles. The molecule has 0 aromatic heterocycles. The summed E-state index contributed by atoms with van der Waals surface area (Å²) in [5.74, 6) is -0.506. The summed E-state index contributed by atoms with van der Waals surface area (Å²) in [5, 5.41) is 13.7. The van der Waals surface area contributed by atoms with Gasteiger partial charge in [0.25, 0.3) is 0 Å². The minimum absolute atomic E-state index is 0.0170. The second-order valence-corrected chi connectivity index (χ2v) is 6.55. The fraction of sp³-hybridized carbons (Fsp3) is 0.375. The van der Waals surface area contributed by atoms with Gasteiger partial charge in [0.2, 0.25) is 5.78 Å².